The minimum atomic E-state index is -1.05. The zero-order chi connectivity index (χ0) is 9.14. The summed E-state index contributed by atoms with van der Waals surface area (Å²) in [6.07, 6.45) is 0.387. The number of halogens is 3. The van der Waals surface area contributed by atoms with Crippen molar-refractivity contribution in [2.75, 3.05) is 0 Å². The van der Waals surface area contributed by atoms with Gasteiger partial charge in [-0.25, -0.2) is 8.78 Å². The number of alkyl halides is 1. The van der Waals surface area contributed by atoms with Gasteiger partial charge >= 0.3 is 0 Å². The molecule has 1 rings (SSSR count). The number of hydrogen-bond donors (Lipinski definition) is 0. The van der Waals surface area contributed by atoms with Crippen LogP contribution in [-0.4, -0.2) is 6.29 Å². The highest BCUT2D eigenvalue weighted by atomic mass is 35.5. The Hall–Kier alpha value is -0.960. The summed E-state index contributed by atoms with van der Waals surface area (Å²) >= 11 is 5.42. The van der Waals surface area contributed by atoms with Gasteiger partial charge in [-0.2, -0.15) is 0 Å². The number of carbonyl (C=O) groups excluding carboxylic acids is 1. The van der Waals surface area contributed by atoms with E-state index in [0.29, 0.717) is 12.4 Å². The van der Waals surface area contributed by atoms with Crippen LogP contribution in [0.2, 0.25) is 0 Å². The first-order chi connectivity index (χ1) is 5.65. The van der Waals surface area contributed by atoms with Gasteiger partial charge in [0.25, 0.3) is 0 Å². The molecular weight excluding hydrogens is 186 g/mol. The molecule has 0 amide bonds. The summed E-state index contributed by atoms with van der Waals surface area (Å²) in [7, 11) is 0. The molecule has 1 atom stereocenters. The molecular formula is C8H5ClF2O. The van der Waals surface area contributed by atoms with Crippen molar-refractivity contribution < 1.29 is 13.6 Å². The lowest BCUT2D eigenvalue weighted by Gasteiger charge is -2.02. The molecule has 0 N–H and O–H groups in total. The summed E-state index contributed by atoms with van der Waals surface area (Å²) in [5, 5.41) is -1.05. The summed E-state index contributed by atoms with van der Waals surface area (Å²) in [4.78, 5) is 10.2. The van der Waals surface area contributed by atoms with E-state index in [9.17, 15) is 13.6 Å². The van der Waals surface area contributed by atoms with E-state index < -0.39 is 17.0 Å². The average molecular weight is 191 g/mol. The van der Waals surface area contributed by atoms with Crippen LogP contribution in [0.5, 0.6) is 0 Å². The maximum absolute atomic E-state index is 12.8. The fourth-order valence-corrected chi connectivity index (χ4v) is 0.975. The third-order valence-corrected chi connectivity index (χ3v) is 1.72. The van der Waals surface area contributed by atoms with Crippen LogP contribution in [0.1, 0.15) is 10.9 Å². The molecule has 0 aliphatic heterocycles. The van der Waals surface area contributed by atoms with E-state index in [1.807, 2.05) is 0 Å². The predicted octanol–water partition coefficient (Wildman–Crippen LogP) is 2.44. The van der Waals surface area contributed by atoms with Crippen LogP contribution >= 0.6 is 11.6 Å². The first kappa shape index (κ1) is 9.13. The molecule has 1 nitrogen and oxygen atoms in total. The van der Waals surface area contributed by atoms with Crippen molar-refractivity contribution in [2.45, 2.75) is 5.38 Å². The second-order valence-electron chi connectivity index (χ2n) is 2.20. The minimum Gasteiger partial charge on any atom is -0.301 e. The number of hydrogen-bond acceptors (Lipinski definition) is 1. The maximum atomic E-state index is 12.8. The highest BCUT2D eigenvalue weighted by Gasteiger charge is 2.11. The molecule has 1 aromatic carbocycles. The second kappa shape index (κ2) is 3.63. The summed E-state index contributed by atoms with van der Waals surface area (Å²) in [6, 6.07) is 2.89. The van der Waals surface area contributed by atoms with E-state index in [4.69, 9.17) is 11.6 Å². The van der Waals surface area contributed by atoms with Gasteiger partial charge in [0.2, 0.25) is 0 Å². The van der Waals surface area contributed by atoms with Crippen molar-refractivity contribution in [3.63, 3.8) is 0 Å². The Morgan fingerprint density at radius 1 is 1.42 bits per heavy atom. The molecule has 0 radical (unpaired) electrons. The largest absolute Gasteiger partial charge is 0.301 e. The van der Waals surface area contributed by atoms with Crippen molar-refractivity contribution >= 4 is 17.9 Å². The predicted molar refractivity (Wildman–Crippen MR) is 41.0 cm³/mol. The molecule has 1 aromatic rings. The van der Waals surface area contributed by atoms with Crippen LogP contribution in [0.3, 0.4) is 0 Å². The van der Waals surface area contributed by atoms with Crippen molar-refractivity contribution in [1.29, 1.82) is 0 Å². The summed E-state index contributed by atoms with van der Waals surface area (Å²) in [6.45, 7) is 0. The molecule has 0 saturated carbocycles. The van der Waals surface area contributed by atoms with Crippen LogP contribution in [0.4, 0.5) is 8.78 Å². The molecule has 0 saturated heterocycles. The molecule has 0 fully saturated rings. The lowest BCUT2D eigenvalue weighted by Crippen LogP contribution is -1.96. The summed E-state index contributed by atoms with van der Waals surface area (Å²) < 4.78 is 25.1. The van der Waals surface area contributed by atoms with E-state index in [1.165, 1.54) is 0 Å². The zero-order valence-corrected chi connectivity index (χ0v) is 6.68. The molecule has 0 spiro atoms. The van der Waals surface area contributed by atoms with Gasteiger partial charge in [-0.3, -0.25) is 0 Å². The van der Waals surface area contributed by atoms with Crippen molar-refractivity contribution in [3.05, 3.63) is 35.4 Å². The van der Waals surface area contributed by atoms with Crippen LogP contribution < -0.4 is 0 Å². The van der Waals surface area contributed by atoms with Crippen molar-refractivity contribution in [2.24, 2.45) is 0 Å². The molecule has 4 heteroatoms. The van der Waals surface area contributed by atoms with Crippen molar-refractivity contribution in [1.82, 2.24) is 0 Å². The van der Waals surface area contributed by atoms with Gasteiger partial charge in [0.05, 0.1) is 0 Å². The number of aldehydes is 1. The molecule has 0 aliphatic carbocycles. The molecule has 0 bridgehead atoms. The third-order valence-electron chi connectivity index (χ3n) is 1.38. The number of rotatable bonds is 2. The Labute approximate surface area is 73.0 Å². The smallest absolute Gasteiger partial charge is 0.142 e. The van der Waals surface area contributed by atoms with E-state index in [0.717, 1.165) is 12.1 Å². The van der Waals surface area contributed by atoms with E-state index >= 15 is 0 Å². The topological polar surface area (TPSA) is 17.1 Å². The molecule has 0 aliphatic rings. The Morgan fingerprint density at radius 2 is 2.08 bits per heavy atom. The molecule has 0 heterocycles. The SMILES string of the molecule is O=CC(Cl)c1ccc(F)cc1F. The molecule has 64 valence electrons. The lowest BCUT2D eigenvalue weighted by molar-refractivity contribution is -0.107. The van der Waals surface area contributed by atoms with Crippen LogP contribution in [-0.2, 0) is 4.79 Å². The molecule has 1 unspecified atom stereocenters. The first-order valence-electron chi connectivity index (χ1n) is 3.19. The van der Waals surface area contributed by atoms with Gasteiger partial charge in [-0.15, -0.1) is 11.6 Å². The fourth-order valence-electron chi connectivity index (χ4n) is 0.798. The second-order valence-corrected chi connectivity index (χ2v) is 2.67. The lowest BCUT2D eigenvalue weighted by atomic mass is 10.1. The van der Waals surface area contributed by atoms with E-state index in [2.05, 4.69) is 0 Å². The molecule has 0 aromatic heterocycles. The molecule has 12 heavy (non-hydrogen) atoms. The van der Waals surface area contributed by atoms with E-state index in [1.54, 1.807) is 0 Å². The van der Waals surface area contributed by atoms with E-state index in [-0.39, 0.29) is 5.56 Å². The standard InChI is InChI=1S/C8H5ClF2O/c9-7(4-12)6-2-1-5(10)3-8(6)11/h1-4,7H. The number of carbonyl (C=O) groups is 1. The zero-order valence-electron chi connectivity index (χ0n) is 5.93. The van der Waals surface area contributed by atoms with Gasteiger partial charge in [-0.05, 0) is 6.07 Å². The maximum Gasteiger partial charge on any atom is 0.142 e. The normalized spacial score (nSPS) is 12.6. The van der Waals surface area contributed by atoms with Crippen LogP contribution in [0, 0.1) is 11.6 Å². The van der Waals surface area contributed by atoms with Gasteiger partial charge in [0, 0.05) is 11.6 Å². The van der Waals surface area contributed by atoms with Gasteiger partial charge in [0.1, 0.15) is 23.3 Å². The Kier molecular flexibility index (Phi) is 2.76. The highest BCUT2D eigenvalue weighted by molar-refractivity contribution is 6.27. The highest BCUT2D eigenvalue weighted by Crippen LogP contribution is 2.21. The Bertz CT molecular complexity index is 301. The number of benzene rings is 1. The van der Waals surface area contributed by atoms with Gasteiger partial charge in [0.15, 0.2) is 0 Å². The summed E-state index contributed by atoms with van der Waals surface area (Å²) in [5.41, 5.74) is -0.00642. The summed E-state index contributed by atoms with van der Waals surface area (Å²) in [5.74, 6) is -1.49. The van der Waals surface area contributed by atoms with Crippen LogP contribution in [0.25, 0.3) is 0 Å². The Balaban J connectivity index is 3.09. The monoisotopic (exact) mass is 190 g/mol. The first-order valence-corrected chi connectivity index (χ1v) is 3.63. The van der Waals surface area contributed by atoms with Gasteiger partial charge in [-0.1, -0.05) is 6.07 Å². The fraction of sp³-hybridized carbons (Fsp3) is 0.125. The Morgan fingerprint density at radius 3 is 2.58 bits per heavy atom. The minimum absolute atomic E-state index is 0.00642. The quantitative estimate of drug-likeness (QED) is 0.517. The van der Waals surface area contributed by atoms with Crippen molar-refractivity contribution in [3.8, 4) is 0 Å². The van der Waals surface area contributed by atoms with Gasteiger partial charge < -0.3 is 4.79 Å². The third kappa shape index (κ3) is 1.80. The van der Waals surface area contributed by atoms with Crippen LogP contribution in [0.15, 0.2) is 18.2 Å². The average Bonchev–Trinajstić information content (AvgIpc) is 2.03.